The molecule has 0 unspecified atom stereocenters. The Hall–Kier alpha value is -2.03. The third-order valence-electron chi connectivity index (χ3n) is 5.12. The fraction of sp³-hybridized carbons (Fsp3) is 0.500. The Balaban J connectivity index is 2.20. The molecule has 0 heterocycles. The van der Waals surface area contributed by atoms with Crippen molar-refractivity contribution < 1.29 is 9.59 Å². The summed E-state index contributed by atoms with van der Waals surface area (Å²) in [6.45, 7) is 4.07. The van der Waals surface area contributed by atoms with Crippen LogP contribution in [0.2, 0.25) is 0 Å². The molecule has 1 aliphatic rings. The highest BCUT2D eigenvalue weighted by molar-refractivity contribution is 6.25. The molecule has 1 aromatic carbocycles. The highest BCUT2D eigenvalue weighted by Crippen LogP contribution is 2.31. The molecule has 0 aromatic heterocycles. The van der Waals surface area contributed by atoms with Crippen LogP contribution in [0.4, 0.5) is 0 Å². The summed E-state index contributed by atoms with van der Waals surface area (Å²) in [5, 5.41) is 0. The average Bonchev–Trinajstić information content (AvgIpc) is 2.64. The normalized spacial score (nSPS) is 21.9. The van der Waals surface area contributed by atoms with E-state index in [0.717, 1.165) is 24.3 Å². The average molecular weight is 339 g/mol. The van der Waals surface area contributed by atoms with Gasteiger partial charge in [0.2, 0.25) is 0 Å². The monoisotopic (exact) mass is 339 g/mol. The Labute approximate surface area is 151 Å². The minimum Gasteiger partial charge on any atom is -0.294 e. The van der Waals surface area contributed by atoms with E-state index in [0.29, 0.717) is 30.0 Å². The van der Waals surface area contributed by atoms with E-state index in [1.165, 1.54) is 12.8 Å². The molecule has 1 aromatic rings. The second-order valence-corrected chi connectivity index (χ2v) is 7.06. The van der Waals surface area contributed by atoms with E-state index < -0.39 is 0 Å². The number of hydrogen-bond donors (Lipinski definition) is 0. The summed E-state index contributed by atoms with van der Waals surface area (Å²) in [4.78, 5) is 29.5. The highest BCUT2D eigenvalue weighted by atomic mass is 16.1. The van der Waals surface area contributed by atoms with Crippen LogP contribution in [0.25, 0.3) is 0 Å². The zero-order valence-electron chi connectivity index (χ0n) is 15.6. The molecule has 1 fully saturated rings. The van der Waals surface area contributed by atoms with Crippen LogP contribution in [0.5, 0.6) is 0 Å². The van der Waals surface area contributed by atoms with Crippen molar-refractivity contribution in [3.05, 3.63) is 47.5 Å². The Bertz CT molecular complexity index is 650. The molecule has 0 aliphatic heterocycles. The summed E-state index contributed by atoms with van der Waals surface area (Å²) in [6.07, 6.45) is 7.06. The van der Waals surface area contributed by atoms with Gasteiger partial charge in [-0.25, -0.2) is 0 Å². The number of rotatable bonds is 7. The van der Waals surface area contributed by atoms with Crippen molar-refractivity contribution >= 4 is 17.3 Å². The standard InChI is InChI=1S/C22H29NO2/c1-4-21(24)19(15-20(23-3)18-8-6-5-7-9-18)22(25)14-17-12-10-16(2)11-13-17/h5-9,15-17H,4,10-14H2,1-3H3/b19-15+,23-20?. The van der Waals surface area contributed by atoms with Crippen LogP contribution < -0.4 is 0 Å². The molecule has 3 heteroatoms. The first-order chi connectivity index (χ1) is 12.0. The van der Waals surface area contributed by atoms with Crippen molar-refractivity contribution in [3.63, 3.8) is 0 Å². The first-order valence-electron chi connectivity index (χ1n) is 9.35. The SMILES string of the molecule is CCC(=O)/C(=C\C(=NC)c1ccccc1)C(=O)CC1CCC(C)CC1. The number of allylic oxidation sites excluding steroid dienone is 2. The summed E-state index contributed by atoms with van der Waals surface area (Å²) >= 11 is 0. The number of carbonyl (C=O) groups is 2. The lowest BCUT2D eigenvalue weighted by molar-refractivity contribution is -0.121. The molecular formula is C22H29NO2. The van der Waals surface area contributed by atoms with Crippen molar-refractivity contribution in [2.75, 3.05) is 7.05 Å². The van der Waals surface area contributed by atoms with Gasteiger partial charge in [0.15, 0.2) is 11.6 Å². The molecule has 0 amide bonds. The lowest BCUT2D eigenvalue weighted by Gasteiger charge is -2.25. The van der Waals surface area contributed by atoms with Crippen LogP contribution in [0.3, 0.4) is 0 Å². The van der Waals surface area contributed by atoms with Gasteiger partial charge in [-0.3, -0.25) is 14.6 Å². The number of benzene rings is 1. The van der Waals surface area contributed by atoms with Gasteiger partial charge in [0, 0.05) is 19.9 Å². The molecule has 134 valence electrons. The van der Waals surface area contributed by atoms with Gasteiger partial charge >= 0.3 is 0 Å². The van der Waals surface area contributed by atoms with E-state index in [1.54, 1.807) is 20.0 Å². The molecule has 2 rings (SSSR count). The van der Waals surface area contributed by atoms with Gasteiger partial charge in [0.1, 0.15) is 0 Å². The predicted octanol–water partition coefficient (Wildman–Crippen LogP) is 4.80. The Morgan fingerprint density at radius 1 is 1.08 bits per heavy atom. The molecule has 1 aliphatic carbocycles. The molecule has 3 nitrogen and oxygen atoms in total. The second kappa shape index (κ2) is 9.45. The van der Waals surface area contributed by atoms with Crippen LogP contribution in [0.1, 0.15) is 57.9 Å². The Morgan fingerprint density at radius 2 is 1.72 bits per heavy atom. The summed E-state index contributed by atoms with van der Waals surface area (Å²) in [7, 11) is 1.69. The lowest BCUT2D eigenvalue weighted by atomic mass is 9.79. The molecule has 0 saturated heterocycles. The number of ketones is 2. The number of carbonyl (C=O) groups excluding carboxylic acids is 2. The zero-order chi connectivity index (χ0) is 18.2. The maximum absolute atomic E-state index is 12.8. The number of nitrogens with zero attached hydrogens (tertiary/aromatic N) is 1. The van der Waals surface area contributed by atoms with Crippen LogP contribution in [0, 0.1) is 11.8 Å². The van der Waals surface area contributed by atoms with Gasteiger partial charge < -0.3 is 0 Å². The van der Waals surface area contributed by atoms with Gasteiger partial charge in [-0.05, 0) is 36.3 Å². The molecular weight excluding hydrogens is 310 g/mol. The van der Waals surface area contributed by atoms with Gasteiger partial charge in [-0.15, -0.1) is 0 Å². The largest absolute Gasteiger partial charge is 0.294 e. The number of hydrogen-bond acceptors (Lipinski definition) is 3. The maximum Gasteiger partial charge on any atom is 0.166 e. The highest BCUT2D eigenvalue weighted by Gasteiger charge is 2.24. The van der Waals surface area contributed by atoms with Crippen molar-refractivity contribution in [1.29, 1.82) is 0 Å². The number of aliphatic imine (C=N–C) groups is 1. The first-order valence-corrected chi connectivity index (χ1v) is 9.35. The molecule has 25 heavy (non-hydrogen) atoms. The minimum atomic E-state index is -0.0914. The predicted molar refractivity (Wildman–Crippen MR) is 103 cm³/mol. The first kappa shape index (κ1) is 19.3. The molecule has 0 radical (unpaired) electrons. The smallest absolute Gasteiger partial charge is 0.166 e. The van der Waals surface area contributed by atoms with Gasteiger partial charge in [0.25, 0.3) is 0 Å². The lowest BCUT2D eigenvalue weighted by Crippen LogP contribution is -2.20. The van der Waals surface area contributed by atoms with Crippen LogP contribution in [-0.4, -0.2) is 24.3 Å². The van der Waals surface area contributed by atoms with Crippen LogP contribution >= 0.6 is 0 Å². The zero-order valence-corrected chi connectivity index (χ0v) is 15.6. The van der Waals surface area contributed by atoms with E-state index in [4.69, 9.17) is 0 Å². The van der Waals surface area contributed by atoms with Gasteiger partial charge in [0.05, 0.1) is 11.3 Å². The minimum absolute atomic E-state index is 0.0246. The van der Waals surface area contributed by atoms with Crippen LogP contribution in [0.15, 0.2) is 47.0 Å². The summed E-state index contributed by atoms with van der Waals surface area (Å²) in [5.41, 5.74) is 1.92. The van der Waals surface area contributed by atoms with Crippen molar-refractivity contribution in [3.8, 4) is 0 Å². The Kier molecular flexibility index (Phi) is 7.30. The van der Waals surface area contributed by atoms with Gasteiger partial charge in [-0.1, -0.05) is 57.0 Å². The molecule has 0 N–H and O–H groups in total. The quantitative estimate of drug-likeness (QED) is 0.310. The van der Waals surface area contributed by atoms with Crippen LogP contribution in [-0.2, 0) is 9.59 Å². The van der Waals surface area contributed by atoms with E-state index in [1.807, 2.05) is 30.3 Å². The van der Waals surface area contributed by atoms with E-state index in [9.17, 15) is 9.59 Å². The second-order valence-electron chi connectivity index (χ2n) is 7.06. The number of Topliss-reactive ketones (excluding diaryl/α,β-unsaturated/α-hetero) is 2. The van der Waals surface area contributed by atoms with Crippen molar-refractivity contribution in [2.45, 2.75) is 52.4 Å². The summed E-state index contributed by atoms with van der Waals surface area (Å²) < 4.78 is 0. The third kappa shape index (κ3) is 5.48. The van der Waals surface area contributed by atoms with Crippen molar-refractivity contribution in [2.24, 2.45) is 16.8 Å². The van der Waals surface area contributed by atoms with E-state index in [-0.39, 0.29) is 11.6 Å². The van der Waals surface area contributed by atoms with Crippen molar-refractivity contribution in [1.82, 2.24) is 0 Å². The maximum atomic E-state index is 12.8. The molecule has 0 spiro atoms. The molecule has 1 saturated carbocycles. The van der Waals surface area contributed by atoms with E-state index >= 15 is 0 Å². The van der Waals surface area contributed by atoms with E-state index in [2.05, 4.69) is 11.9 Å². The summed E-state index contributed by atoms with van der Waals surface area (Å²) in [5.74, 6) is 1.06. The Morgan fingerprint density at radius 3 is 2.28 bits per heavy atom. The molecule has 0 atom stereocenters. The fourth-order valence-electron chi connectivity index (χ4n) is 3.43. The third-order valence-corrected chi connectivity index (χ3v) is 5.12. The summed E-state index contributed by atoms with van der Waals surface area (Å²) in [6, 6.07) is 9.69. The van der Waals surface area contributed by atoms with Gasteiger partial charge in [-0.2, -0.15) is 0 Å². The molecule has 0 bridgehead atoms. The fourth-order valence-corrected chi connectivity index (χ4v) is 3.43. The topological polar surface area (TPSA) is 46.5 Å².